The summed E-state index contributed by atoms with van der Waals surface area (Å²) in [6.07, 6.45) is 6.73. The van der Waals surface area contributed by atoms with Crippen molar-refractivity contribution in [3.63, 3.8) is 0 Å². The largest absolute Gasteiger partial charge is 0.368 e. The molecule has 0 fully saturated rings. The molecule has 0 radical (unpaired) electrons. The fourth-order valence-corrected chi connectivity index (χ4v) is 3.34. The van der Waals surface area contributed by atoms with Gasteiger partial charge >= 0.3 is 0 Å². The normalized spacial score (nSPS) is 10.6. The zero-order valence-corrected chi connectivity index (χ0v) is 15.4. The van der Waals surface area contributed by atoms with Crippen LogP contribution in [-0.4, -0.2) is 19.9 Å². The molecule has 3 aromatic heterocycles. The number of hydrogen-bond acceptors (Lipinski definition) is 7. The standard InChI is InChI=1S/C20H15FN6S/c21-16-10-14(3-4-18(16)28-15-5-8-23-9-6-15)25-19-11-17(26-20(22)27-19)13-2-1-7-24-12-13/h1-12H,(H3,22,25,26,27). The maximum atomic E-state index is 14.5. The molecule has 6 nitrogen and oxygen atoms in total. The lowest BCUT2D eigenvalue weighted by Crippen LogP contribution is -2.02. The van der Waals surface area contributed by atoms with Crippen molar-refractivity contribution in [1.29, 1.82) is 0 Å². The summed E-state index contributed by atoms with van der Waals surface area (Å²) in [4.78, 5) is 17.9. The molecular formula is C20H15FN6S. The van der Waals surface area contributed by atoms with Gasteiger partial charge in [0.1, 0.15) is 11.6 Å². The monoisotopic (exact) mass is 390 g/mol. The van der Waals surface area contributed by atoms with E-state index in [0.29, 0.717) is 22.1 Å². The molecule has 0 saturated heterocycles. The molecule has 28 heavy (non-hydrogen) atoms. The van der Waals surface area contributed by atoms with E-state index >= 15 is 0 Å². The summed E-state index contributed by atoms with van der Waals surface area (Å²) < 4.78 is 14.5. The highest BCUT2D eigenvalue weighted by Gasteiger charge is 2.09. The maximum absolute atomic E-state index is 14.5. The molecule has 0 aliphatic rings. The summed E-state index contributed by atoms with van der Waals surface area (Å²) >= 11 is 1.34. The third-order valence-corrected chi connectivity index (χ3v) is 4.84. The van der Waals surface area contributed by atoms with Crippen LogP contribution < -0.4 is 11.1 Å². The molecule has 0 spiro atoms. The van der Waals surface area contributed by atoms with Gasteiger partial charge in [0.15, 0.2) is 0 Å². The van der Waals surface area contributed by atoms with E-state index in [1.54, 1.807) is 43.0 Å². The van der Waals surface area contributed by atoms with E-state index in [1.165, 1.54) is 17.8 Å². The first-order valence-corrected chi connectivity index (χ1v) is 9.18. The molecule has 0 amide bonds. The Bertz CT molecular complexity index is 1090. The highest BCUT2D eigenvalue weighted by Crippen LogP contribution is 2.31. The number of anilines is 3. The topological polar surface area (TPSA) is 89.6 Å². The van der Waals surface area contributed by atoms with Crippen LogP contribution in [0.3, 0.4) is 0 Å². The lowest BCUT2D eigenvalue weighted by Gasteiger charge is -2.10. The third kappa shape index (κ3) is 4.24. The zero-order valence-electron chi connectivity index (χ0n) is 14.6. The average Bonchev–Trinajstić information content (AvgIpc) is 2.71. The van der Waals surface area contributed by atoms with Crippen LogP contribution in [0.15, 0.2) is 83.1 Å². The molecule has 0 bridgehead atoms. The molecule has 3 heterocycles. The van der Waals surface area contributed by atoms with Gasteiger partial charge in [0.2, 0.25) is 5.95 Å². The van der Waals surface area contributed by atoms with Crippen LogP contribution in [0.1, 0.15) is 0 Å². The van der Waals surface area contributed by atoms with Gasteiger partial charge in [0.05, 0.1) is 5.69 Å². The number of nitrogens with two attached hydrogens (primary N) is 1. The summed E-state index contributed by atoms with van der Waals surface area (Å²) in [7, 11) is 0. The van der Waals surface area contributed by atoms with Gasteiger partial charge in [-0.3, -0.25) is 9.97 Å². The summed E-state index contributed by atoms with van der Waals surface area (Å²) in [5, 5.41) is 3.08. The SMILES string of the molecule is Nc1nc(Nc2ccc(Sc3ccncc3)c(F)c2)cc(-c2cccnc2)n1. The van der Waals surface area contributed by atoms with Crippen LogP contribution in [0.2, 0.25) is 0 Å². The number of aromatic nitrogens is 4. The molecular weight excluding hydrogens is 375 g/mol. The molecule has 0 aliphatic heterocycles. The van der Waals surface area contributed by atoms with Crippen molar-refractivity contribution < 1.29 is 4.39 Å². The van der Waals surface area contributed by atoms with E-state index in [-0.39, 0.29) is 11.8 Å². The van der Waals surface area contributed by atoms with Crippen molar-refractivity contribution in [1.82, 2.24) is 19.9 Å². The van der Waals surface area contributed by atoms with E-state index < -0.39 is 0 Å². The van der Waals surface area contributed by atoms with Gasteiger partial charge in [-0.15, -0.1) is 0 Å². The molecule has 0 saturated carbocycles. The van der Waals surface area contributed by atoms with Gasteiger partial charge in [-0.2, -0.15) is 4.98 Å². The second-order valence-electron chi connectivity index (χ2n) is 5.79. The van der Waals surface area contributed by atoms with Gasteiger partial charge < -0.3 is 11.1 Å². The van der Waals surface area contributed by atoms with Gasteiger partial charge in [0, 0.05) is 51.9 Å². The minimum atomic E-state index is -0.332. The van der Waals surface area contributed by atoms with Crippen LogP contribution in [-0.2, 0) is 0 Å². The number of nitrogens with zero attached hydrogens (tertiary/aromatic N) is 4. The molecule has 0 aliphatic carbocycles. The minimum Gasteiger partial charge on any atom is -0.368 e. The van der Waals surface area contributed by atoms with Gasteiger partial charge in [0.25, 0.3) is 0 Å². The highest BCUT2D eigenvalue weighted by molar-refractivity contribution is 7.99. The molecule has 1 aromatic carbocycles. The number of hydrogen-bond donors (Lipinski definition) is 2. The second kappa shape index (κ2) is 8.01. The van der Waals surface area contributed by atoms with Crippen molar-refractivity contribution in [3.8, 4) is 11.3 Å². The van der Waals surface area contributed by atoms with Crippen LogP contribution >= 0.6 is 11.8 Å². The summed E-state index contributed by atoms with van der Waals surface area (Å²) in [5.74, 6) is 0.260. The fraction of sp³-hybridized carbons (Fsp3) is 0. The quantitative estimate of drug-likeness (QED) is 0.517. The summed E-state index contributed by atoms with van der Waals surface area (Å²) in [6.45, 7) is 0. The number of nitrogens with one attached hydrogen (secondary N) is 1. The Morgan fingerprint density at radius 3 is 2.54 bits per heavy atom. The van der Waals surface area contributed by atoms with E-state index in [9.17, 15) is 4.39 Å². The van der Waals surface area contributed by atoms with E-state index in [2.05, 4.69) is 25.3 Å². The molecule has 4 rings (SSSR count). The Labute approximate surface area is 165 Å². The van der Waals surface area contributed by atoms with E-state index in [0.717, 1.165) is 10.5 Å². The Morgan fingerprint density at radius 2 is 1.79 bits per heavy atom. The summed E-state index contributed by atoms with van der Waals surface area (Å²) in [6, 6.07) is 14.0. The number of halogens is 1. The van der Waals surface area contributed by atoms with Crippen molar-refractivity contribution in [3.05, 3.63) is 79.1 Å². The Morgan fingerprint density at radius 1 is 0.929 bits per heavy atom. The van der Waals surface area contributed by atoms with Crippen molar-refractivity contribution in [2.45, 2.75) is 9.79 Å². The van der Waals surface area contributed by atoms with Crippen LogP contribution in [0.25, 0.3) is 11.3 Å². The lowest BCUT2D eigenvalue weighted by atomic mass is 10.2. The number of rotatable bonds is 5. The highest BCUT2D eigenvalue weighted by atomic mass is 32.2. The fourth-order valence-electron chi connectivity index (χ4n) is 2.53. The minimum absolute atomic E-state index is 0.120. The lowest BCUT2D eigenvalue weighted by molar-refractivity contribution is 0.602. The molecule has 4 aromatic rings. The second-order valence-corrected chi connectivity index (χ2v) is 6.91. The smallest absolute Gasteiger partial charge is 0.222 e. The number of pyridine rings is 2. The first-order chi connectivity index (χ1) is 13.7. The first-order valence-electron chi connectivity index (χ1n) is 8.37. The number of benzene rings is 1. The molecule has 0 unspecified atom stereocenters. The van der Waals surface area contributed by atoms with Crippen LogP contribution in [0.5, 0.6) is 0 Å². The van der Waals surface area contributed by atoms with Gasteiger partial charge in [-0.05, 0) is 42.5 Å². The Kier molecular flexibility index (Phi) is 5.11. The van der Waals surface area contributed by atoms with Gasteiger partial charge in [-0.1, -0.05) is 11.8 Å². The predicted molar refractivity (Wildman–Crippen MR) is 108 cm³/mol. The molecule has 138 valence electrons. The third-order valence-electron chi connectivity index (χ3n) is 3.78. The van der Waals surface area contributed by atoms with Crippen LogP contribution in [0.4, 0.5) is 21.8 Å². The Hall–Kier alpha value is -3.52. The van der Waals surface area contributed by atoms with Gasteiger partial charge in [-0.25, -0.2) is 9.37 Å². The first kappa shape index (κ1) is 17.9. The molecule has 3 N–H and O–H groups in total. The number of nitrogen functional groups attached to an aromatic ring is 1. The zero-order chi connectivity index (χ0) is 19.3. The predicted octanol–water partition coefficient (Wildman–Crippen LogP) is 4.55. The van der Waals surface area contributed by atoms with Crippen molar-refractivity contribution in [2.24, 2.45) is 0 Å². The van der Waals surface area contributed by atoms with Crippen molar-refractivity contribution >= 4 is 29.2 Å². The Balaban J connectivity index is 1.56. The molecule has 0 atom stereocenters. The van der Waals surface area contributed by atoms with E-state index in [1.807, 2.05) is 24.3 Å². The van der Waals surface area contributed by atoms with Crippen molar-refractivity contribution in [2.75, 3.05) is 11.1 Å². The molecule has 8 heteroatoms. The van der Waals surface area contributed by atoms with E-state index in [4.69, 9.17) is 5.73 Å². The average molecular weight is 390 g/mol. The summed E-state index contributed by atoms with van der Waals surface area (Å²) in [5.41, 5.74) is 7.83. The maximum Gasteiger partial charge on any atom is 0.222 e. The van der Waals surface area contributed by atoms with Crippen LogP contribution in [0, 0.1) is 5.82 Å².